The topological polar surface area (TPSA) is 53.4 Å². The molecule has 1 aromatic carbocycles. The smallest absolute Gasteiger partial charge is 0.226 e. The van der Waals surface area contributed by atoms with E-state index in [0.717, 1.165) is 37.1 Å². The molecule has 2 heterocycles. The molecule has 6 heteroatoms. The summed E-state index contributed by atoms with van der Waals surface area (Å²) < 4.78 is 0. The lowest BCUT2D eigenvalue weighted by molar-refractivity contribution is -0.131. The number of likely N-dealkylation sites (tertiary alicyclic amines) is 1. The summed E-state index contributed by atoms with van der Waals surface area (Å²) in [6, 6.07) is 7.38. The highest BCUT2D eigenvalue weighted by atomic mass is 35.5. The Hall–Kier alpha value is -1.62. The molecule has 1 N–H and O–H groups in total. The molecule has 2 aromatic rings. The van der Waals surface area contributed by atoms with Crippen LogP contribution in [0.25, 0.3) is 0 Å². The van der Waals surface area contributed by atoms with Crippen molar-refractivity contribution in [2.45, 2.75) is 51.0 Å². The van der Waals surface area contributed by atoms with Gasteiger partial charge < -0.3 is 10.0 Å². The zero-order valence-corrected chi connectivity index (χ0v) is 17.4. The maximum atomic E-state index is 12.0. The molecule has 0 bridgehead atoms. The van der Waals surface area contributed by atoms with E-state index in [2.05, 4.69) is 4.98 Å². The first kappa shape index (κ1) is 21.1. The highest BCUT2D eigenvalue weighted by Crippen LogP contribution is 2.41. The van der Waals surface area contributed by atoms with Gasteiger partial charge in [-0.1, -0.05) is 29.3 Å². The number of carbonyl (C=O) groups excluding carboxylic acids is 1. The van der Waals surface area contributed by atoms with Crippen LogP contribution in [0, 0.1) is 0 Å². The second-order valence-corrected chi connectivity index (χ2v) is 8.19. The van der Waals surface area contributed by atoms with Gasteiger partial charge in [0.1, 0.15) is 0 Å². The van der Waals surface area contributed by atoms with Crippen molar-refractivity contribution in [3.63, 3.8) is 0 Å². The van der Waals surface area contributed by atoms with Gasteiger partial charge in [0.05, 0.1) is 23.1 Å². The minimum Gasteiger partial charge on any atom is -0.392 e. The third-order valence-corrected chi connectivity index (χ3v) is 5.92. The summed E-state index contributed by atoms with van der Waals surface area (Å²) in [6.45, 7) is 1.90. The largest absolute Gasteiger partial charge is 0.392 e. The number of aromatic nitrogens is 1. The van der Waals surface area contributed by atoms with Crippen LogP contribution in [-0.2, 0) is 17.8 Å². The Bertz CT molecular complexity index is 803. The van der Waals surface area contributed by atoms with Crippen LogP contribution < -0.4 is 0 Å². The van der Waals surface area contributed by atoms with Crippen molar-refractivity contribution < 1.29 is 9.90 Å². The fourth-order valence-corrected chi connectivity index (χ4v) is 3.76. The Morgan fingerprint density at radius 2 is 1.86 bits per heavy atom. The molecule has 0 radical (unpaired) electrons. The van der Waals surface area contributed by atoms with Crippen LogP contribution in [0.2, 0.25) is 10.0 Å². The van der Waals surface area contributed by atoms with Crippen LogP contribution in [0.15, 0.2) is 36.7 Å². The van der Waals surface area contributed by atoms with E-state index in [9.17, 15) is 4.79 Å². The fourth-order valence-electron chi connectivity index (χ4n) is 3.44. The Kier molecular flexibility index (Phi) is 7.72. The number of pyridine rings is 1. The van der Waals surface area contributed by atoms with Crippen LogP contribution in [0.3, 0.4) is 0 Å². The number of aliphatic hydroxyl groups excluding tert-OH is 1. The molecule has 150 valence electrons. The molecule has 28 heavy (non-hydrogen) atoms. The minimum atomic E-state index is 0.125. The highest BCUT2D eigenvalue weighted by molar-refractivity contribution is 6.42. The molecule has 4 nitrogen and oxygen atoms in total. The Morgan fingerprint density at radius 3 is 2.50 bits per heavy atom. The van der Waals surface area contributed by atoms with Gasteiger partial charge in [0.25, 0.3) is 0 Å². The summed E-state index contributed by atoms with van der Waals surface area (Å²) in [5.41, 5.74) is 3.22. The second kappa shape index (κ2) is 10.2. The van der Waals surface area contributed by atoms with Crippen molar-refractivity contribution >= 4 is 29.1 Å². The van der Waals surface area contributed by atoms with Gasteiger partial charge in [-0.05, 0) is 72.9 Å². The Morgan fingerprint density at radius 1 is 1.11 bits per heavy atom. The van der Waals surface area contributed by atoms with Crippen molar-refractivity contribution in [3.8, 4) is 0 Å². The van der Waals surface area contributed by atoms with Gasteiger partial charge in [-0.25, -0.2) is 0 Å². The molecule has 1 saturated heterocycles. The van der Waals surface area contributed by atoms with E-state index >= 15 is 0 Å². The average Bonchev–Trinajstić information content (AvgIpc) is 3.57. The van der Waals surface area contributed by atoms with Crippen molar-refractivity contribution in [1.29, 1.82) is 0 Å². The molecule has 2 fully saturated rings. The van der Waals surface area contributed by atoms with Gasteiger partial charge in [0.15, 0.2) is 0 Å². The molecular formula is C22H26Cl2N2O2. The van der Waals surface area contributed by atoms with Crippen molar-refractivity contribution in [2.75, 3.05) is 13.1 Å². The Balaban J connectivity index is 0.000000176. The molecule has 1 saturated carbocycles. The van der Waals surface area contributed by atoms with E-state index in [1.165, 1.54) is 24.8 Å². The van der Waals surface area contributed by atoms with Gasteiger partial charge in [-0.3, -0.25) is 9.78 Å². The molecule has 0 atom stereocenters. The second-order valence-electron chi connectivity index (χ2n) is 7.37. The maximum absolute atomic E-state index is 12.0. The predicted molar refractivity (Wildman–Crippen MR) is 113 cm³/mol. The number of piperidine rings is 1. The zero-order valence-electron chi connectivity index (χ0n) is 15.9. The van der Waals surface area contributed by atoms with Gasteiger partial charge in [0, 0.05) is 25.5 Å². The van der Waals surface area contributed by atoms with Gasteiger partial charge in [-0.2, -0.15) is 0 Å². The van der Waals surface area contributed by atoms with E-state index in [0.29, 0.717) is 22.4 Å². The van der Waals surface area contributed by atoms with E-state index in [-0.39, 0.29) is 12.5 Å². The summed E-state index contributed by atoms with van der Waals surface area (Å²) in [7, 11) is 0. The molecule has 1 aliphatic carbocycles. The van der Waals surface area contributed by atoms with Gasteiger partial charge >= 0.3 is 0 Å². The summed E-state index contributed by atoms with van der Waals surface area (Å²) in [5, 5.41) is 9.99. The quantitative estimate of drug-likeness (QED) is 0.756. The zero-order chi connectivity index (χ0) is 19.9. The number of amides is 1. The van der Waals surface area contributed by atoms with E-state index < -0.39 is 0 Å². The van der Waals surface area contributed by atoms with Crippen LogP contribution in [-0.4, -0.2) is 34.0 Å². The van der Waals surface area contributed by atoms with Gasteiger partial charge in [0.2, 0.25) is 5.91 Å². The molecule has 0 unspecified atom stereocenters. The monoisotopic (exact) mass is 420 g/mol. The standard InChI is InChI=1S/C13H15Cl2NO.C9H11NO/c14-11-5-4-10(8-12(11)15)9-13(17)16-6-2-1-3-7-16;11-6-8-5-10-4-3-9(8)7-1-2-7/h4-5,8H,1-3,6-7,9H2;3-5,7,11H,1-2,6H2. The number of hydrogen-bond donors (Lipinski definition) is 1. The summed E-state index contributed by atoms with van der Waals surface area (Å²) in [6.07, 6.45) is 9.99. The van der Waals surface area contributed by atoms with Crippen molar-refractivity contribution in [2.24, 2.45) is 0 Å². The van der Waals surface area contributed by atoms with Crippen molar-refractivity contribution in [3.05, 3.63) is 63.4 Å². The number of halogens is 2. The molecule has 2 aliphatic rings. The van der Waals surface area contributed by atoms with Crippen molar-refractivity contribution in [1.82, 2.24) is 9.88 Å². The fraction of sp³-hybridized carbons (Fsp3) is 0.455. The third kappa shape index (κ3) is 5.94. The molecular weight excluding hydrogens is 395 g/mol. The number of rotatable bonds is 4. The SMILES string of the molecule is O=C(Cc1ccc(Cl)c(Cl)c1)N1CCCCC1.OCc1cnccc1C1CC1. The lowest BCUT2D eigenvalue weighted by Crippen LogP contribution is -2.36. The minimum absolute atomic E-state index is 0.125. The first-order valence-electron chi connectivity index (χ1n) is 9.84. The maximum Gasteiger partial charge on any atom is 0.226 e. The van der Waals surface area contributed by atoms with E-state index in [1.54, 1.807) is 24.5 Å². The van der Waals surface area contributed by atoms with Gasteiger partial charge in [-0.15, -0.1) is 0 Å². The number of nitrogens with zero attached hydrogens (tertiary/aromatic N) is 2. The summed E-state index contributed by atoms with van der Waals surface area (Å²) >= 11 is 11.8. The highest BCUT2D eigenvalue weighted by Gasteiger charge is 2.25. The van der Waals surface area contributed by atoms with Crippen LogP contribution in [0.5, 0.6) is 0 Å². The molecule has 1 aromatic heterocycles. The molecule has 1 amide bonds. The Labute approximate surface area is 176 Å². The number of carbonyl (C=O) groups is 1. The van der Waals surface area contributed by atoms with Crippen LogP contribution in [0.4, 0.5) is 0 Å². The predicted octanol–water partition coefficient (Wildman–Crippen LogP) is 5.00. The number of hydrogen-bond acceptors (Lipinski definition) is 3. The number of benzene rings is 1. The average molecular weight is 421 g/mol. The normalized spacial score (nSPS) is 16.3. The molecule has 1 aliphatic heterocycles. The lowest BCUT2D eigenvalue weighted by atomic mass is 10.1. The first-order chi connectivity index (χ1) is 13.6. The molecule has 0 spiro atoms. The summed E-state index contributed by atoms with van der Waals surface area (Å²) in [4.78, 5) is 17.9. The van der Waals surface area contributed by atoms with Crippen LogP contribution in [0.1, 0.15) is 54.7 Å². The third-order valence-electron chi connectivity index (χ3n) is 5.18. The number of aliphatic hydroxyl groups is 1. The summed E-state index contributed by atoms with van der Waals surface area (Å²) in [5.74, 6) is 0.892. The van der Waals surface area contributed by atoms with E-state index in [4.69, 9.17) is 28.3 Å². The molecule has 4 rings (SSSR count). The lowest BCUT2D eigenvalue weighted by Gasteiger charge is -2.26. The first-order valence-corrected chi connectivity index (χ1v) is 10.6. The van der Waals surface area contributed by atoms with Crippen LogP contribution >= 0.6 is 23.2 Å². The van der Waals surface area contributed by atoms with E-state index in [1.807, 2.05) is 17.0 Å².